The van der Waals surface area contributed by atoms with E-state index in [4.69, 9.17) is 10.7 Å². The van der Waals surface area contributed by atoms with Gasteiger partial charge in [-0.1, -0.05) is 6.07 Å². The van der Waals surface area contributed by atoms with E-state index in [9.17, 15) is 5.11 Å². The summed E-state index contributed by atoms with van der Waals surface area (Å²) in [4.78, 5) is 9.01. The highest BCUT2D eigenvalue weighted by Gasteiger charge is 2.30. The van der Waals surface area contributed by atoms with Crippen LogP contribution in [0, 0.1) is 0 Å². The maximum atomic E-state index is 10.9. The van der Waals surface area contributed by atoms with E-state index in [1.807, 2.05) is 23.7 Å². The van der Waals surface area contributed by atoms with E-state index < -0.39 is 6.23 Å². The van der Waals surface area contributed by atoms with E-state index in [2.05, 4.69) is 25.5 Å². The second-order valence-corrected chi connectivity index (χ2v) is 7.61. The van der Waals surface area contributed by atoms with Crippen molar-refractivity contribution in [1.82, 2.24) is 35.0 Å². The predicted octanol–water partition coefficient (Wildman–Crippen LogP) is 1.16. The fourth-order valence-electron chi connectivity index (χ4n) is 3.36. The predicted molar refractivity (Wildman–Crippen MR) is 105 cm³/mol. The van der Waals surface area contributed by atoms with E-state index in [1.54, 1.807) is 34.8 Å². The molecule has 0 saturated heterocycles. The number of aliphatic hydroxyl groups excluding tert-OH is 1. The number of aromatic amines is 1. The molecule has 1 atom stereocenters. The number of aliphatic hydroxyl groups is 1. The number of nitrogens with zero attached hydrogens (tertiary/aromatic N) is 7. The molecule has 4 N–H and O–H groups in total. The van der Waals surface area contributed by atoms with Gasteiger partial charge in [0, 0.05) is 19.0 Å². The van der Waals surface area contributed by atoms with E-state index in [0.717, 1.165) is 38.0 Å². The molecular formula is C17H17N9OS. The minimum atomic E-state index is -0.895. The number of aryl methyl sites for hydroxylation is 1. The SMILES string of the molecule is Cn1c2c(c3sc(Cc4cn[nH]n4)nc31)C=NN(Cc1cccc(N)n1)C2O. The molecule has 28 heavy (non-hydrogen) atoms. The monoisotopic (exact) mass is 395 g/mol. The third-order valence-electron chi connectivity index (χ3n) is 4.66. The molecule has 142 valence electrons. The van der Waals surface area contributed by atoms with Gasteiger partial charge >= 0.3 is 0 Å². The first-order valence-electron chi connectivity index (χ1n) is 8.63. The van der Waals surface area contributed by atoms with Crippen LogP contribution in [0.15, 0.2) is 29.5 Å². The smallest absolute Gasteiger partial charge is 0.184 e. The van der Waals surface area contributed by atoms with Crippen LogP contribution in [0.1, 0.15) is 33.9 Å². The summed E-state index contributed by atoms with van der Waals surface area (Å²) in [5.74, 6) is 0.442. The summed E-state index contributed by atoms with van der Waals surface area (Å²) in [5.41, 5.74) is 9.80. The lowest BCUT2D eigenvalue weighted by atomic mass is 10.2. The molecule has 4 aromatic rings. The first kappa shape index (κ1) is 16.8. The Hall–Kier alpha value is -3.31. The normalized spacial score (nSPS) is 16.1. The number of hydrogen-bond donors (Lipinski definition) is 3. The van der Waals surface area contributed by atoms with Crippen molar-refractivity contribution in [2.45, 2.75) is 19.2 Å². The van der Waals surface area contributed by atoms with Crippen LogP contribution in [0.5, 0.6) is 0 Å². The highest BCUT2D eigenvalue weighted by Crippen LogP contribution is 2.36. The number of hydrazone groups is 1. The number of fused-ring (bicyclic) bond motifs is 3. The van der Waals surface area contributed by atoms with Crippen LogP contribution in [-0.2, 0) is 20.0 Å². The standard InChI is InChI=1S/C17H17N9OS/c1-25-14-11(15-16(25)22-13(28-15)5-10-6-19-24-23-10)7-20-26(17(14)27)8-9-3-2-4-12(18)21-9/h2-4,6-7,17,27H,5,8H2,1H3,(H2,18,21)(H,19,23,24). The first-order valence-corrected chi connectivity index (χ1v) is 9.44. The van der Waals surface area contributed by atoms with Gasteiger partial charge in [0.25, 0.3) is 0 Å². The summed E-state index contributed by atoms with van der Waals surface area (Å²) >= 11 is 1.58. The zero-order chi connectivity index (χ0) is 19.3. The Bertz CT molecular complexity index is 1180. The van der Waals surface area contributed by atoms with Crippen LogP contribution in [0.25, 0.3) is 10.3 Å². The molecule has 0 spiro atoms. The molecular weight excluding hydrogens is 378 g/mol. The Morgan fingerprint density at radius 1 is 1.29 bits per heavy atom. The minimum absolute atomic E-state index is 0.353. The van der Waals surface area contributed by atoms with Gasteiger partial charge in [-0.15, -0.1) is 11.3 Å². The van der Waals surface area contributed by atoms with Crippen LogP contribution in [-0.4, -0.2) is 46.3 Å². The van der Waals surface area contributed by atoms with Gasteiger partial charge in [0.2, 0.25) is 0 Å². The molecule has 0 fully saturated rings. The maximum absolute atomic E-state index is 10.9. The Morgan fingerprint density at radius 2 is 2.18 bits per heavy atom. The number of pyridine rings is 1. The molecule has 1 unspecified atom stereocenters. The van der Waals surface area contributed by atoms with Gasteiger partial charge < -0.3 is 15.4 Å². The largest absolute Gasteiger partial charge is 0.384 e. The van der Waals surface area contributed by atoms with Gasteiger partial charge in [-0.05, 0) is 12.1 Å². The van der Waals surface area contributed by atoms with Gasteiger partial charge in [-0.25, -0.2) is 9.97 Å². The summed E-state index contributed by atoms with van der Waals surface area (Å²) in [5, 5.41) is 28.4. The van der Waals surface area contributed by atoms with Crippen molar-refractivity contribution in [3.63, 3.8) is 0 Å². The number of rotatable bonds is 4. The summed E-state index contributed by atoms with van der Waals surface area (Å²) in [7, 11) is 1.90. The van der Waals surface area contributed by atoms with Crippen molar-refractivity contribution in [1.29, 1.82) is 0 Å². The van der Waals surface area contributed by atoms with E-state index >= 15 is 0 Å². The van der Waals surface area contributed by atoms with E-state index in [0.29, 0.717) is 18.8 Å². The molecule has 4 aromatic heterocycles. The van der Waals surface area contributed by atoms with Crippen LogP contribution in [0.4, 0.5) is 5.82 Å². The number of nitrogen functional groups attached to an aromatic ring is 1. The van der Waals surface area contributed by atoms with Gasteiger partial charge in [-0.3, -0.25) is 5.01 Å². The Balaban J connectivity index is 1.47. The molecule has 0 saturated carbocycles. The van der Waals surface area contributed by atoms with Crippen molar-refractivity contribution in [3.8, 4) is 0 Å². The molecule has 0 aromatic carbocycles. The zero-order valence-electron chi connectivity index (χ0n) is 14.9. The van der Waals surface area contributed by atoms with Gasteiger partial charge in [0.15, 0.2) is 11.9 Å². The molecule has 0 amide bonds. The lowest BCUT2D eigenvalue weighted by Gasteiger charge is -2.28. The summed E-state index contributed by atoms with van der Waals surface area (Å²) < 4.78 is 2.92. The van der Waals surface area contributed by atoms with Gasteiger partial charge in [0.05, 0.1) is 40.7 Å². The van der Waals surface area contributed by atoms with Crippen LogP contribution in [0.2, 0.25) is 0 Å². The lowest BCUT2D eigenvalue weighted by Crippen LogP contribution is -2.29. The van der Waals surface area contributed by atoms with E-state index in [1.165, 1.54) is 0 Å². The lowest BCUT2D eigenvalue weighted by molar-refractivity contribution is -0.0107. The summed E-state index contributed by atoms with van der Waals surface area (Å²) in [6, 6.07) is 5.42. The molecule has 5 heterocycles. The Kier molecular flexibility index (Phi) is 3.84. The molecule has 10 nitrogen and oxygen atoms in total. The van der Waals surface area contributed by atoms with Crippen LogP contribution in [0.3, 0.4) is 0 Å². The average Bonchev–Trinajstić information content (AvgIpc) is 3.37. The molecule has 5 rings (SSSR count). The third kappa shape index (κ3) is 2.72. The molecule has 0 radical (unpaired) electrons. The second kappa shape index (κ2) is 6.39. The molecule has 1 aliphatic rings. The van der Waals surface area contributed by atoms with Crippen LogP contribution >= 0.6 is 11.3 Å². The summed E-state index contributed by atoms with van der Waals surface area (Å²) in [6.07, 6.45) is 3.18. The topological polar surface area (TPSA) is 134 Å². The number of anilines is 1. The van der Waals surface area contributed by atoms with Gasteiger partial charge in [-0.2, -0.15) is 20.5 Å². The van der Waals surface area contributed by atoms with E-state index in [-0.39, 0.29) is 0 Å². The van der Waals surface area contributed by atoms with Crippen molar-refractivity contribution in [3.05, 3.63) is 52.0 Å². The molecule has 0 aliphatic carbocycles. The number of aromatic nitrogens is 6. The molecule has 11 heteroatoms. The number of nitrogens with one attached hydrogen (secondary N) is 1. The number of hydrogen-bond acceptors (Lipinski definition) is 9. The summed E-state index contributed by atoms with van der Waals surface area (Å²) in [6.45, 7) is 0.353. The minimum Gasteiger partial charge on any atom is -0.384 e. The highest BCUT2D eigenvalue weighted by molar-refractivity contribution is 7.19. The quantitative estimate of drug-likeness (QED) is 0.472. The zero-order valence-corrected chi connectivity index (χ0v) is 15.8. The second-order valence-electron chi connectivity index (χ2n) is 6.53. The number of H-pyrrole nitrogens is 1. The molecule has 0 bridgehead atoms. The maximum Gasteiger partial charge on any atom is 0.184 e. The number of nitrogens with two attached hydrogens (primary N) is 1. The fourth-order valence-corrected chi connectivity index (χ4v) is 4.49. The number of thiazole rings is 1. The Labute approximate surface area is 163 Å². The first-order chi connectivity index (χ1) is 13.6. The van der Waals surface area contributed by atoms with Crippen molar-refractivity contribution in [2.75, 3.05) is 5.73 Å². The Morgan fingerprint density at radius 3 is 2.96 bits per heavy atom. The van der Waals surface area contributed by atoms with Crippen molar-refractivity contribution >= 4 is 33.7 Å². The van der Waals surface area contributed by atoms with Gasteiger partial charge in [0.1, 0.15) is 10.8 Å². The fraction of sp³-hybridized carbons (Fsp3) is 0.235. The molecule has 1 aliphatic heterocycles. The van der Waals surface area contributed by atoms with Crippen molar-refractivity contribution < 1.29 is 5.11 Å². The third-order valence-corrected chi connectivity index (χ3v) is 5.74. The highest BCUT2D eigenvalue weighted by atomic mass is 32.1. The van der Waals surface area contributed by atoms with Crippen molar-refractivity contribution in [2.24, 2.45) is 12.1 Å². The average molecular weight is 395 g/mol. The van der Waals surface area contributed by atoms with Crippen LogP contribution < -0.4 is 5.73 Å².